The Morgan fingerprint density at radius 1 is 0.875 bits per heavy atom. The molecule has 0 spiro atoms. The van der Waals surface area contributed by atoms with E-state index in [-0.39, 0.29) is 4.90 Å². The Hall–Kier alpha value is -2.73. The molecule has 124 valence electrons. The highest BCUT2D eigenvalue weighted by atomic mass is 32.2. The van der Waals surface area contributed by atoms with E-state index in [4.69, 9.17) is 5.73 Å². The van der Waals surface area contributed by atoms with Crippen molar-refractivity contribution in [3.8, 4) is 0 Å². The zero-order chi connectivity index (χ0) is 17.3. The van der Waals surface area contributed by atoms with Gasteiger partial charge in [-0.3, -0.25) is 4.72 Å². The molecule has 0 atom stereocenters. The standard InChI is InChI=1S/C18H19N3O2S/c1-21(2)17-7-3-6-16-15(17)5-4-8-18(16)24(22,23)20-14-11-9-13(19)10-12-14/h3-12,20H,19H2,1-2H3. The van der Waals surface area contributed by atoms with Crippen molar-refractivity contribution >= 4 is 37.9 Å². The average molecular weight is 341 g/mol. The van der Waals surface area contributed by atoms with Crippen molar-refractivity contribution in [3.05, 3.63) is 60.7 Å². The third-order valence-electron chi connectivity index (χ3n) is 3.79. The van der Waals surface area contributed by atoms with Crippen molar-refractivity contribution in [2.24, 2.45) is 0 Å². The van der Waals surface area contributed by atoms with Gasteiger partial charge in [0.2, 0.25) is 0 Å². The van der Waals surface area contributed by atoms with Crippen LogP contribution >= 0.6 is 0 Å². The Balaban J connectivity index is 2.11. The van der Waals surface area contributed by atoms with Crippen molar-refractivity contribution in [3.63, 3.8) is 0 Å². The first-order chi connectivity index (χ1) is 11.4. The van der Waals surface area contributed by atoms with Gasteiger partial charge in [-0.05, 0) is 36.4 Å². The summed E-state index contributed by atoms with van der Waals surface area (Å²) < 4.78 is 28.3. The van der Waals surface area contributed by atoms with Crippen LogP contribution in [0, 0.1) is 0 Å². The van der Waals surface area contributed by atoms with Gasteiger partial charge in [-0.15, -0.1) is 0 Å². The summed E-state index contributed by atoms with van der Waals surface area (Å²) in [6.07, 6.45) is 0. The van der Waals surface area contributed by atoms with Gasteiger partial charge >= 0.3 is 0 Å². The van der Waals surface area contributed by atoms with Gasteiger partial charge in [0.25, 0.3) is 10.0 Å². The van der Waals surface area contributed by atoms with E-state index in [2.05, 4.69) is 4.72 Å². The molecule has 0 aliphatic carbocycles. The number of nitrogens with zero attached hydrogens (tertiary/aromatic N) is 1. The minimum Gasteiger partial charge on any atom is -0.399 e. The van der Waals surface area contributed by atoms with Gasteiger partial charge in [-0.1, -0.05) is 24.3 Å². The van der Waals surface area contributed by atoms with Crippen LogP contribution in [0.3, 0.4) is 0 Å². The molecule has 0 unspecified atom stereocenters. The Morgan fingerprint density at radius 2 is 1.50 bits per heavy atom. The number of benzene rings is 3. The molecule has 3 rings (SSSR count). The molecule has 0 amide bonds. The predicted molar refractivity (Wildman–Crippen MR) is 99.9 cm³/mol. The summed E-state index contributed by atoms with van der Waals surface area (Å²) >= 11 is 0. The normalized spacial score (nSPS) is 11.4. The third kappa shape index (κ3) is 3.00. The molecular weight excluding hydrogens is 322 g/mol. The number of nitrogens with one attached hydrogen (secondary N) is 1. The quantitative estimate of drug-likeness (QED) is 0.714. The number of anilines is 3. The molecule has 0 radical (unpaired) electrons. The molecule has 0 heterocycles. The van der Waals surface area contributed by atoms with Crippen LogP contribution in [0.1, 0.15) is 0 Å². The van der Waals surface area contributed by atoms with Crippen LogP contribution in [-0.2, 0) is 10.0 Å². The topological polar surface area (TPSA) is 75.4 Å². The SMILES string of the molecule is CN(C)c1cccc2c(S(=O)(=O)Nc3ccc(N)cc3)cccc12. The van der Waals surface area contributed by atoms with Crippen molar-refractivity contribution in [1.82, 2.24) is 0 Å². The van der Waals surface area contributed by atoms with E-state index in [1.54, 1.807) is 36.4 Å². The minimum absolute atomic E-state index is 0.250. The third-order valence-corrected chi connectivity index (χ3v) is 5.23. The fraction of sp³-hybridized carbons (Fsp3) is 0.111. The molecule has 0 saturated carbocycles. The summed E-state index contributed by atoms with van der Waals surface area (Å²) in [5, 5.41) is 1.58. The zero-order valence-corrected chi connectivity index (χ0v) is 14.3. The Bertz CT molecular complexity index is 981. The van der Waals surface area contributed by atoms with E-state index in [9.17, 15) is 8.42 Å². The largest absolute Gasteiger partial charge is 0.399 e. The highest BCUT2D eigenvalue weighted by Gasteiger charge is 2.18. The second-order valence-corrected chi connectivity index (χ2v) is 7.40. The van der Waals surface area contributed by atoms with Crippen LogP contribution in [0.15, 0.2) is 65.6 Å². The summed E-state index contributed by atoms with van der Waals surface area (Å²) in [5.41, 5.74) is 7.67. The molecule has 0 aromatic heterocycles. The van der Waals surface area contributed by atoms with E-state index in [1.165, 1.54) is 0 Å². The van der Waals surface area contributed by atoms with Gasteiger partial charge in [0, 0.05) is 41.9 Å². The van der Waals surface area contributed by atoms with Gasteiger partial charge in [0.15, 0.2) is 0 Å². The fourth-order valence-electron chi connectivity index (χ4n) is 2.65. The smallest absolute Gasteiger partial charge is 0.262 e. The molecule has 3 aromatic carbocycles. The second kappa shape index (κ2) is 6.05. The van der Waals surface area contributed by atoms with Gasteiger partial charge in [-0.25, -0.2) is 8.42 Å². The number of hydrogen-bond donors (Lipinski definition) is 2. The van der Waals surface area contributed by atoms with E-state index < -0.39 is 10.0 Å². The summed E-state index contributed by atoms with van der Waals surface area (Å²) in [4.78, 5) is 2.21. The number of nitrogens with two attached hydrogens (primary N) is 1. The molecule has 0 bridgehead atoms. The molecule has 0 saturated heterocycles. The van der Waals surface area contributed by atoms with Gasteiger partial charge in [-0.2, -0.15) is 0 Å². The first kappa shape index (κ1) is 16.1. The van der Waals surface area contributed by atoms with E-state index in [0.29, 0.717) is 16.8 Å². The summed E-state index contributed by atoms with van der Waals surface area (Å²) in [6, 6.07) is 17.5. The highest BCUT2D eigenvalue weighted by molar-refractivity contribution is 7.93. The second-order valence-electron chi connectivity index (χ2n) is 5.75. The Labute approximate surface area is 141 Å². The maximum absolute atomic E-state index is 12.8. The van der Waals surface area contributed by atoms with Crippen molar-refractivity contribution in [2.45, 2.75) is 4.90 Å². The summed E-state index contributed by atoms with van der Waals surface area (Å²) in [5.74, 6) is 0. The molecule has 5 nitrogen and oxygen atoms in total. The van der Waals surface area contributed by atoms with E-state index in [0.717, 1.165) is 11.1 Å². The van der Waals surface area contributed by atoms with Crippen molar-refractivity contribution in [1.29, 1.82) is 0 Å². The van der Waals surface area contributed by atoms with Crippen LogP contribution in [0.4, 0.5) is 17.1 Å². The molecule has 3 aromatic rings. The van der Waals surface area contributed by atoms with E-state index >= 15 is 0 Å². The highest BCUT2D eigenvalue weighted by Crippen LogP contribution is 2.31. The van der Waals surface area contributed by atoms with Crippen molar-refractivity contribution in [2.75, 3.05) is 29.5 Å². The Morgan fingerprint density at radius 3 is 2.17 bits per heavy atom. The number of hydrogen-bond acceptors (Lipinski definition) is 4. The molecule has 3 N–H and O–H groups in total. The number of sulfonamides is 1. The minimum atomic E-state index is -3.70. The lowest BCUT2D eigenvalue weighted by molar-refractivity contribution is 0.602. The first-order valence-electron chi connectivity index (χ1n) is 7.46. The molecule has 24 heavy (non-hydrogen) atoms. The fourth-order valence-corrected chi connectivity index (χ4v) is 3.93. The maximum Gasteiger partial charge on any atom is 0.262 e. The number of nitrogen functional groups attached to an aromatic ring is 1. The maximum atomic E-state index is 12.8. The summed E-state index contributed by atoms with van der Waals surface area (Å²) in [6.45, 7) is 0. The Kier molecular flexibility index (Phi) is 4.07. The van der Waals surface area contributed by atoms with E-state index in [1.807, 2.05) is 43.3 Å². The van der Waals surface area contributed by atoms with Gasteiger partial charge in [0.05, 0.1) is 4.90 Å². The zero-order valence-electron chi connectivity index (χ0n) is 13.5. The average Bonchev–Trinajstić information content (AvgIpc) is 2.55. The molecular formula is C18H19N3O2S. The molecule has 0 fully saturated rings. The predicted octanol–water partition coefficient (Wildman–Crippen LogP) is 3.29. The monoisotopic (exact) mass is 341 g/mol. The molecule has 0 aliphatic rings. The van der Waals surface area contributed by atoms with Crippen LogP contribution in [-0.4, -0.2) is 22.5 Å². The molecule has 0 aliphatic heterocycles. The van der Waals surface area contributed by atoms with Crippen LogP contribution in [0.5, 0.6) is 0 Å². The van der Waals surface area contributed by atoms with Crippen LogP contribution in [0.2, 0.25) is 0 Å². The van der Waals surface area contributed by atoms with Crippen LogP contribution < -0.4 is 15.4 Å². The first-order valence-corrected chi connectivity index (χ1v) is 8.94. The molecule has 6 heteroatoms. The number of fused-ring (bicyclic) bond motifs is 1. The summed E-state index contributed by atoms with van der Waals surface area (Å²) in [7, 11) is 0.162. The lowest BCUT2D eigenvalue weighted by atomic mass is 10.1. The van der Waals surface area contributed by atoms with Crippen LogP contribution in [0.25, 0.3) is 10.8 Å². The van der Waals surface area contributed by atoms with Crippen molar-refractivity contribution < 1.29 is 8.42 Å². The number of rotatable bonds is 4. The lowest BCUT2D eigenvalue weighted by Gasteiger charge is -2.17. The van der Waals surface area contributed by atoms with Gasteiger partial charge in [0.1, 0.15) is 0 Å². The lowest BCUT2D eigenvalue weighted by Crippen LogP contribution is -2.14. The van der Waals surface area contributed by atoms with Gasteiger partial charge < -0.3 is 10.6 Å².